The van der Waals surface area contributed by atoms with Crippen LogP contribution in [0.2, 0.25) is 0 Å². The Labute approximate surface area is 142 Å². The SMILES string of the molecule is O=C(Nc1ccccc1Br)c1ccc(Nc2ccccc2)cn1. The van der Waals surface area contributed by atoms with E-state index in [1.54, 1.807) is 12.3 Å². The van der Waals surface area contributed by atoms with Crippen molar-refractivity contribution in [1.29, 1.82) is 0 Å². The van der Waals surface area contributed by atoms with E-state index in [1.165, 1.54) is 0 Å². The number of hydrogen-bond donors (Lipinski definition) is 2. The van der Waals surface area contributed by atoms with Gasteiger partial charge in [0.1, 0.15) is 5.69 Å². The van der Waals surface area contributed by atoms with Gasteiger partial charge in [0.05, 0.1) is 17.6 Å². The molecule has 3 aromatic rings. The zero-order valence-electron chi connectivity index (χ0n) is 12.2. The molecular formula is C18H14BrN3O. The molecule has 4 nitrogen and oxygen atoms in total. The summed E-state index contributed by atoms with van der Waals surface area (Å²) in [7, 11) is 0. The van der Waals surface area contributed by atoms with Crippen LogP contribution in [-0.2, 0) is 0 Å². The molecule has 114 valence electrons. The van der Waals surface area contributed by atoms with Gasteiger partial charge in [-0.2, -0.15) is 0 Å². The van der Waals surface area contributed by atoms with E-state index in [0.717, 1.165) is 15.8 Å². The summed E-state index contributed by atoms with van der Waals surface area (Å²) in [6.45, 7) is 0. The Hall–Kier alpha value is -2.66. The number of para-hydroxylation sites is 2. The smallest absolute Gasteiger partial charge is 0.274 e. The first-order chi connectivity index (χ1) is 11.2. The first-order valence-corrected chi connectivity index (χ1v) is 7.86. The first kappa shape index (κ1) is 15.2. The lowest BCUT2D eigenvalue weighted by Gasteiger charge is -2.08. The van der Waals surface area contributed by atoms with Crippen molar-refractivity contribution in [1.82, 2.24) is 4.98 Å². The number of benzene rings is 2. The average Bonchev–Trinajstić information content (AvgIpc) is 2.58. The van der Waals surface area contributed by atoms with Crippen LogP contribution >= 0.6 is 15.9 Å². The lowest BCUT2D eigenvalue weighted by atomic mass is 10.2. The van der Waals surface area contributed by atoms with Crippen molar-refractivity contribution in [3.05, 3.63) is 83.1 Å². The lowest BCUT2D eigenvalue weighted by Crippen LogP contribution is -2.13. The highest BCUT2D eigenvalue weighted by Crippen LogP contribution is 2.22. The van der Waals surface area contributed by atoms with Crippen molar-refractivity contribution in [2.75, 3.05) is 10.6 Å². The summed E-state index contributed by atoms with van der Waals surface area (Å²) in [5, 5.41) is 6.05. The molecule has 3 rings (SSSR count). The van der Waals surface area contributed by atoms with E-state index >= 15 is 0 Å². The number of carbonyl (C=O) groups excluding carboxylic acids is 1. The van der Waals surface area contributed by atoms with Gasteiger partial charge in [0.25, 0.3) is 5.91 Å². The molecule has 1 heterocycles. The summed E-state index contributed by atoms with van der Waals surface area (Å²) in [5.41, 5.74) is 2.87. The van der Waals surface area contributed by atoms with E-state index in [2.05, 4.69) is 31.5 Å². The Morgan fingerprint density at radius 3 is 2.30 bits per heavy atom. The molecule has 1 aromatic heterocycles. The normalized spacial score (nSPS) is 10.1. The Bertz CT molecular complexity index is 804. The lowest BCUT2D eigenvalue weighted by molar-refractivity contribution is 0.102. The van der Waals surface area contributed by atoms with E-state index in [9.17, 15) is 4.79 Å². The maximum absolute atomic E-state index is 12.2. The summed E-state index contributed by atoms with van der Waals surface area (Å²) in [5.74, 6) is -0.247. The maximum Gasteiger partial charge on any atom is 0.274 e. The number of pyridine rings is 1. The van der Waals surface area contributed by atoms with Gasteiger partial charge in [0.15, 0.2) is 0 Å². The van der Waals surface area contributed by atoms with Crippen LogP contribution in [0, 0.1) is 0 Å². The molecule has 0 aliphatic carbocycles. The van der Waals surface area contributed by atoms with E-state index in [4.69, 9.17) is 0 Å². The Kier molecular flexibility index (Phi) is 4.68. The van der Waals surface area contributed by atoms with Gasteiger partial charge in [-0.25, -0.2) is 4.98 Å². The van der Waals surface area contributed by atoms with Crippen LogP contribution in [-0.4, -0.2) is 10.9 Å². The molecule has 0 spiro atoms. The highest BCUT2D eigenvalue weighted by molar-refractivity contribution is 9.10. The second-order valence-corrected chi connectivity index (χ2v) is 5.71. The molecule has 23 heavy (non-hydrogen) atoms. The minimum Gasteiger partial charge on any atom is -0.354 e. The van der Waals surface area contributed by atoms with Crippen LogP contribution in [0.4, 0.5) is 17.1 Å². The number of nitrogens with zero attached hydrogens (tertiary/aromatic N) is 1. The highest BCUT2D eigenvalue weighted by atomic mass is 79.9. The van der Waals surface area contributed by atoms with E-state index in [1.807, 2.05) is 60.7 Å². The fourth-order valence-corrected chi connectivity index (χ4v) is 2.42. The molecule has 0 fully saturated rings. The maximum atomic E-state index is 12.2. The van der Waals surface area contributed by atoms with E-state index in [0.29, 0.717) is 11.4 Å². The molecule has 0 radical (unpaired) electrons. The van der Waals surface area contributed by atoms with Crippen molar-refractivity contribution in [2.45, 2.75) is 0 Å². The largest absolute Gasteiger partial charge is 0.354 e. The van der Waals surface area contributed by atoms with Gasteiger partial charge in [-0.05, 0) is 52.3 Å². The van der Waals surface area contributed by atoms with Gasteiger partial charge in [0, 0.05) is 10.2 Å². The minimum atomic E-state index is -0.247. The van der Waals surface area contributed by atoms with Gasteiger partial charge in [0.2, 0.25) is 0 Å². The number of hydrogen-bond acceptors (Lipinski definition) is 3. The molecule has 0 aliphatic rings. The number of anilines is 3. The molecule has 0 saturated heterocycles. The molecule has 1 amide bonds. The Balaban J connectivity index is 1.69. The third-order valence-electron chi connectivity index (χ3n) is 3.18. The zero-order valence-corrected chi connectivity index (χ0v) is 13.7. The standard InChI is InChI=1S/C18H14BrN3O/c19-15-8-4-5-9-16(15)22-18(23)17-11-10-14(12-20-17)21-13-6-2-1-3-7-13/h1-12,21H,(H,22,23). The van der Waals surface area contributed by atoms with Gasteiger partial charge in [-0.1, -0.05) is 30.3 Å². The van der Waals surface area contributed by atoms with Gasteiger partial charge in [-0.15, -0.1) is 0 Å². The van der Waals surface area contributed by atoms with Crippen LogP contribution in [0.3, 0.4) is 0 Å². The molecule has 2 N–H and O–H groups in total. The first-order valence-electron chi connectivity index (χ1n) is 7.06. The fraction of sp³-hybridized carbons (Fsp3) is 0. The number of nitrogens with one attached hydrogen (secondary N) is 2. The second-order valence-electron chi connectivity index (χ2n) is 4.86. The van der Waals surface area contributed by atoms with Gasteiger partial charge >= 0.3 is 0 Å². The van der Waals surface area contributed by atoms with Crippen molar-refractivity contribution in [3.63, 3.8) is 0 Å². The Morgan fingerprint density at radius 1 is 0.870 bits per heavy atom. The van der Waals surface area contributed by atoms with Crippen LogP contribution in [0.15, 0.2) is 77.4 Å². The fourth-order valence-electron chi connectivity index (χ4n) is 2.04. The van der Waals surface area contributed by atoms with Gasteiger partial charge < -0.3 is 10.6 Å². The van der Waals surface area contributed by atoms with Crippen LogP contribution in [0.1, 0.15) is 10.5 Å². The zero-order chi connectivity index (χ0) is 16.1. The monoisotopic (exact) mass is 367 g/mol. The third-order valence-corrected chi connectivity index (χ3v) is 3.87. The molecule has 0 unspecified atom stereocenters. The highest BCUT2D eigenvalue weighted by Gasteiger charge is 2.09. The number of rotatable bonds is 4. The van der Waals surface area contributed by atoms with Crippen molar-refractivity contribution in [3.8, 4) is 0 Å². The number of halogens is 1. The second kappa shape index (κ2) is 7.07. The van der Waals surface area contributed by atoms with E-state index in [-0.39, 0.29) is 5.91 Å². The molecule has 5 heteroatoms. The summed E-state index contributed by atoms with van der Waals surface area (Å²) >= 11 is 3.40. The number of amides is 1. The topological polar surface area (TPSA) is 54.0 Å². The molecule has 0 bridgehead atoms. The molecule has 0 aliphatic heterocycles. The minimum absolute atomic E-state index is 0.247. The predicted molar refractivity (Wildman–Crippen MR) is 96.1 cm³/mol. The molecular weight excluding hydrogens is 354 g/mol. The van der Waals surface area contributed by atoms with Crippen LogP contribution < -0.4 is 10.6 Å². The van der Waals surface area contributed by atoms with Crippen LogP contribution in [0.25, 0.3) is 0 Å². The van der Waals surface area contributed by atoms with Crippen molar-refractivity contribution in [2.24, 2.45) is 0 Å². The third kappa shape index (κ3) is 3.96. The van der Waals surface area contributed by atoms with Gasteiger partial charge in [-0.3, -0.25) is 4.79 Å². The summed E-state index contributed by atoms with van der Waals surface area (Å²) in [6, 6.07) is 20.8. The summed E-state index contributed by atoms with van der Waals surface area (Å²) < 4.78 is 0.829. The molecule has 0 atom stereocenters. The van der Waals surface area contributed by atoms with Crippen molar-refractivity contribution < 1.29 is 4.79 Å². The molecule has 0 saturated carbocycles. The molecule has 2 aromatic carbocycles. The van der Waals surface area contributed by atoms with E-state index < -0.39 is 0 Å². The van der Waals surface area contributed by atoms with Crippen LogP contribution in [0.5, 0.6) is 0 Å². The average molecular weight is 368 g/mol. The predicted octanol–water partition coefficient (Wildman–Crippen LogP) is 4.84. The number of carbonyl (C=O) groups is 1. The van der Waals surface area contributed by atoms with Crippen molar-refractivity contribution >= 4 is 38.9 Å². The quantitative estimate of drug-likeness (QED) is 0.693. The number of aromatic nitrogens is 1. The summed E-state index contributed by atoms with van der Waals surface area (Å²) in [6.07, 6.45) is 1.64. The summed E-state index contributed by atoms with van der Waals surface area (Å²) in [4.78, 5) is 16.4. The Morgan fingerprint density at radius 2 is 1.61 bits per heavy atom.